The number of benzene rings is 1. The molecule has 1 aromatic carbocycles. The number of rotatable bonds is 8. The predicted octanol–water partition coefficient (Wildman–Crippen LogP) is 3.04. The van der Waals surface area contributed by atoms with Crippen LogP contribution in [0.25, 0.3) is 0 Å². The van der Waals surface area contributed by atoms with Crippen molar-refractivity contribution in [3.63, 3.8) is 0 Å². The van der Waals surface area contributed by atoms with Crippen LogP contribution in [0.5, 0.6) is 5.75 Å². The summed E-state index contributed by atoms with van der Waals surface area (Å²) < 4.78 is 5.70. The summed E-state index contributed by atoms with van der Waals surface area (Å²) in [5.74, 6) is 0.799. The van der Waals surface area contributed by atoms with Crippen molar-refractivity contribution in [3.05, 3.63) is 42.5 Å². The van der Waals surface area contributed by atoms with E-state index in [2.05, 4.69) is 17.1 Å². The lowest BCUT2D eigenvalue weighted by Crippen LogP contribution is -2.32. The number of halogens is 1. The summed E-state index contributed by atoms with van der Waals surface area (Å²) in [5.41, 5.74) is 1.65. The Kier molecular flexibility index (Phi) is 9.51. The molecule has 0 aromatic heterocycles. The zero-order valence-corrected chi connectivity index (χ0v) is 12.8. The molecule has 0 spiro atoms. The van der Waals surface area contributed by atoms with Gasteiger partial charge in [0.2, 0.25) is 0 Å². The number of nitrogens with one attached hydrogen (secondary N) is 1. The maximum atomic E-state index is 8.94. The summed E-state index contributed by atoms with van der Waals surface area (Å²) >= 11 is 0. The van der Waals surface area contributed by atoms with Gasteiger partial charge in [0.05, 0.1) is 0 Å². The lowest BCUT2D eigenvalue weighted by atomic mass is 10.1. The van der Waals surface area contributed by atoms with E-state index < -0.39 is 0 Å². The summed E-state index contributed by atoms with van der Waals surface area (Å²) in [5, 5.41) is 15.4. The van der Waals surface area contributed by atoms with E-state index in [-0.39, 0.29) is 19.0 Å². The molecule has 0 bridgehead atoms. The molecular formula is C15H23ClN2O2. The van der Waals surface area contributed by atoms with Gasteiger partial charge in [-0.05, 0) is 18.1 Å². The van der Waals surface area contributed by atoms with Gasteiger partial charge in [-0.2, -0.15) is 0 Å². The minimum atomic E-state index is 0. The van der Waals surface area contributed by atoms with Crippen LogP contribution < -0.4 is 10.1 Å². The fourth-order valence-corrected chi connectivity index (χ4v) is 1.57. The summed E-state index contributed by atoms with van der Waals surface area (Å²) in [6, 6.07) is 8.13. The number of ether oxygens (including phenoxy) is 1. The Morgan fingerprint density at radius 3 is 2.75 bits per heavy atom. The molecule has 1 aromatic rings. The molecule has 0 atom stereocenters. The van der Waals surface area contributed by atoms with Crippen molar-refractivity contribution in [2.24, 2.45) is 5.16 Å². The molecule has 0 fully saturated rings. The first-order valence-corrected chi connectivity index (χ1v) is 6.42. The molecule has 0 aliphatic rings. The maximum absolute atomic E-state index is 8.94. The molecule has 0 amide bonds. The second-order valence-electron chi connectivity index (χ2n) is 4.59. The molecule has 0 saturated carbocycles. The van der Waals surface area contributed by atoms with Crippen molar-refractivity contribution in [1.29, 1.82) is 0 Å². The molecule has 0 radical (unpaired) electrons. The molecule has 112 valence electrons. The predicted molar refractivity (Wildman–Crippen MR) is 85.4 cm³/mol. The minimum Gasteiger partial charge on any atom is -0.487 e. The van der Waals surface area contributed by atoms with Gasteiger partial charge in [-0.15, -0.1) is 19.0 Å². The molecular weight excluding hydrogens is 276 g/mol. The second kappa shape index (κ2) is 10.3. The first kappa shape index (κ1) is 18.5. The zero-order chi connectivity index (χ0) is 14.1. The summed E-state index contributed by atoms with van der Waals surface area (Å²) in [4.78, 5) is 0. The van der Waals surface area contributed by atoms with Crippen LogP contribution in [0.15, 0.2) is 42.1 Å². The minimum absolute atomic E-state index is 0. The maximum Gasteiger partial charge on any atom is 0.131 e. The number of nitrogens with zero attached hydrogens (tertiary/aromatic N) is 1. The van der Waals surface area contributed by atoms with E-state index in [0.717, 1.165) is 17.7 Å². The van der Waals surface area contributed by atoms with Gasteiger partial charge in [0.15, 0.2) is 0 Å². The normalized spacial score (nSPS) is 11.1. The average Bonchev–Trinajstić information content (AvgIpc) is 2.40. The Bertz CT molecular complexity index is 434. The van der Waals surface area contributed by atoms with Gasteiger partial charge in [-0.25, -0.2) is 0 Å². The van der Waals surface area contributed by atoms with Crippen molar-refractivity contribution >= 4 is 18.1 Å². The van der Waals surface area contributed by atoms with Crippen LogP contribution in [0.3, 0.4) is 0 Å². The van der Waals surface area contributed by atoms with E-state index >= 15 is 0 Å². The highest BCUT2D eigenvalue weighted by Gasteiger charge is 2.06. The number of allylic oxidation sites excluding steroid dienone is 1. The first-order valence-electron chi connectivity index (χ1n) is 6.42. The Hall–Kier alpha value is -1.52. The van der Waals surface area contributed by atoms with Crippen molar-refractivity contribution in [2.75, 3.05) is 13.2 Å². The molecule has 20 heavy (non-hydrogen) atoms. The van der Waals surface area contributed by atoms with Gasteiger partial charge in [0.1, 0.15) is 18.1 Å². The molecule has 2 N–H and O–H groups in total. The van der Waals surface area contributed by atoms with Crippen molar-refractivity contribution in [2.45, 2.75) is 26.3 Å². The number of oxime groups is 1. The quantitative estimate of drug-likeness (QED) is 0.336. The number of para-hydroxylation sites is 1. The highest BCUT2D eigenvalue weighted by molar-refractivity contribution is 5.87. The van der Waals surface area contributed by atoms with Gasteiger partial charge in [-0.3, -0.25) is 0 Å². The van der Waals surface area contributed by atoms with E-state index in [0.29, 0.717) is 18.3 Å². The SMILES string of the molecule is C=CCc1ccccc1OC/C(CNC(C)C)=N\O.Cl. The van der Waals surface area contributed by atoms with Crippen LogP contribution in [-0.4, -0.2) is 30.1 Å². The third-order valence-electron chi connectivity index (χ3n) is 2.59. The molecule has 0 unspecified atom stereocenters. The topological polar surface area (TPSA) is 53.8 Å². The second-order valence-corrected chi connectivity index (χ2v) is 4.59. The standard InChI is InChI=1S/C15H22N2O2.ClH/c1-4-7-13-8-5-6-9-15(13)19-11-14(17-18)10-16-12(2)3;/h4-6,8-9,12,16,18H,1,7,10-11H2,2-3H3;1H/b17-14-;. The average molecular weight is 299 g/mol. The van der Waals surface area contributed by atoms with Crippen LogP contribution in [0.2, 0.25) is 0 Å². The van der Waals surface area contributed by atoms with E-state index in [4.69, 9.17) is 9.94 Å². The van der Waals surface area contributed by atoms with Crippen molar-refractivity contribution in [1.82, 2.24) is 5.32 Å². The Morgan fingerprint density at radius 2 is 2.15 bits per heavy atom. The molecule has 4 nitrogen and oxygen atoms in total. The zero-order valence-electron chi connectivity index (χ0n) is 12.0. The van der Waals surface area contributed by atoms with Crippen molar-refractivity contribution in [3.8, 4) is 5.75 Å². The molecule has 1 rings (SSSR count). The van der Waals surface area contributed by atoms with Gasteiger partial charge in [-0.1, -0.05) is 43.3 Å². The lowest BCUT2D eigenvalue weighted by molar-refractivity contribution is 0.304. The van der Waals surface area contributed by atoms with Gasteiger partial charge in [0.25, 0.3) is 0 Å². The van der Waals surface area contributed by atoms with Crippen LogP contribution >= 0.6 is 12.4 Å². The van der Waals surface area contributed by atoms with Crippen LogP contribution in [-0.2, 0) is 6.42 Å². The number of hydrogen-bond donors (Lipinski definition) is 2. The molecule has 0 saturated heterocycles. The summed E-state index contributed by atoms with van der Waals surface area (Å²) in [6.07, 6.45) is 2.59. The van der Waals surface area contributed by atoms with E-state index in [1.165, 1.54) is 0 Å². The van der Waals surface area contributed by atoms with Gasteiger partial charge < -0.3 is 15.3 Å². The molecule has 5 heteroatoms. The molecule has 0 heterocycles. The van der Waals surface area contributed by atoms with Crippen LogP contribution in [0.1, 0.15) is 19.4 Å². The van der Waals surface area contributed by atoms with E-state index in [1.54, 1.807) is 0 Å². The fourth-order valence-electron chi connectivity index (χ4n) is 1.57. The first-order chi connectivity index (χ1) is 9.17. The molecule has 0 aliphatic heterocycles. The summed E-state index contributed by atoms with van der Waals surface area (Å²) in [6.45, 7) is 8.58. The highest BCUT2D eigenvalue weighted by Crippen LogP contribution is 2.18. The van der Waals surface area contributed by atoms with Gasteiger partial charge in [0, 0.05) is 12.6 Å². The Balaban J connectivity index is 0.00000361. The third kappa shape index (κ3) is 6.59. The molecule has 0 aliphatic carbocycles. The van der Waals surface area contributed by atoms with Gasteiger partial charge >= 0.3 is 0 Å². The highest BCUT2D eigenvalue weighted by atomic mass is 35.5. The van der Waals surface area contributed by atoms with Crippen LogP contribution in [0, 0.1) is 0 Å². The van der Waals surface area contributed by atoms with E-state index in [1.807, 2.05) is 44.2 Å². The largest absolute Gasteiger partial charge is 0.487 e. The Labute approximate surface area is 126 Å². The monoisotopic (exact) mass is 298 g/mol. The lowest BCUT2D eigenvalue weighted by Gasteiger charge is -2.12. The summed E-state index contributed by atoms with van der Waals surface area (Å²) in [7, 11) is 0. The van der Waals surface area contributed by atoms with Crippen LogP contribution in [0.4, 0.5) is 0 Å². The van der Waals surface area contributed by atoms with Crippen molar-refractivity contribution < 1.29 is 9.94 Å². The van der Waals surface area contributed by atoms with E-state index in [9.17, 15) is 0 Å². The smallest absolute Gasteiger partial charge is 0.131 e. The third-order valence-corrected chi connectivity index (χ3v) is 2.59. The Morgan fingerprint density at radius 1 is 1.45 bits per heavy atom. The fraction of sp³-hybridized carbons (Fsp3) is 0.400. The number of hydrogen-bond acceptors (Lipinski definition) is 4.